The van der Waals surface area contributed by atoms with Crippen molar-refractivity contribution in [3.8, 4) is 0 Å². The molecule has 0 aliphatic carbocycles. The molecular weight excluding hydrogens is 189 g/mol. The Morgan fingerprint density at radius 1 is 1.70 bits per heavy atom. The SMILES string of the molecule is Cc1cc[se]c1CC(C)N. The van der Waals surface area contributed by atoms with E-state index in [0.29, 0.717) is 20.5 Å². The van der Waals surface area contributed by atoms with Crippen LogP contribution >= 0.6 is 0 Å². The van der Waals surface area contributed by atoms with Crippen molar-refractivity contribution >= 4 is 14.5 Å². The number of hydrogen-bond acceptors (Lipinski definition) is 1. The van der Waals surface area contributed by atoms with E-state index in [1.807, 2.05) is 0 Å². The topological polar surface area (TPSA) is 26.0 Å². The summed E-state index contributed by atoms with van der Waals surface area (Å²) >= 11 is 0.609. The van der Waals surface area contributed by atoms with Crippen LogP contribution in [-0.2, 0) is 6.42 Å². The van der Waals surface area contributed by atoms with Crippen molar-refractivity contribution < 1.29 is 0 Å². The van der Waals surface area contributed by atoms with Gasteiger partial charge in [-0.15, -0.1) is 0 Å². The van der Waals surface area contributed by atoms with Crippen molar-refractivity contribution in [2.24, 2.45) is 5.73 Å². The summed E-state index contributed by atoms with van der Waals surface area (Å²) in [6.07, 6.45) is 1.08. The first-order valence-electron chi connectivity index (χ1n) is 3.48. The van der Waals surface area contributed by atoms with Crippen LogP contribution in [0.5, 0.6) is 0 Å². The van der Waals surface area contributed by atoms with Crippen LogP contribution in [0.2, 0.25) is 0 Å². The minimum atomic E-state index is 0.326. The molecule has 0 radical (unpaired) electrons. The van der Waals surface area contributed by atoms with Gasteiger partial charge in [-0.25, -0.2) is 0 Å². The predicted octanol–water partition coefficient (Wildman–Crippen LogP) is 0.942. The van der Waals surface area contributed by atoms with E-state index in [1.165, 1.54) is 5.56 Å². The van der Waals surface area contributed by atoms with Crippen molar-refractivity contribution in [1.82, 2.24) is 0 Å². The standard InChI is InChI=1S/C8H13NSe/c1-6-3-4-10-8(6)5-7(2)9/h3-4,7H,5,9H2,1-2H3. The van der Waals surface area contributed by atoms with Crippen LogP contribution in [-0.4, -0.2) is 20.5 Å². The molecule has 0 fully saturated rings. The molecule has 0 amide bonds. The van der Waals surface area contributed by atoms with Crippen LogP contribution in [0.4, 0.5) is 0 Å². The summed E-state index contributed by atoms with van der Waals surface area (Å²) in [7, 11) is 0. The Balaban J connectivity index is 2.65. The molecule has 0 aliphatic heterocycles. The van der Waals surface area contributed by atoms with Gasteiger partial charge in [-0.2, -0.15) is 0 Å². The Morgan fingerprint density at radius 3 is 2.80 bits per heavy atom. The fraction of sp³-hybridized carbons (Fsp3) is 0.500. The molecule has 1 aromatic heterocycles. The molecule has 0 bridgehead atoms. The molecule has 1 atom stereocenters. The van der Waals surface area contributed by atoms with Crippen LogP contribution in [0.3, 0.4) is 0 Å². The zero-order chi connectivity index (χ0) is 7.56. The van der Waals surface area contributed by atoms with Crippen molar-refractivity contribution in [3.05, 3.63) is 21.0 Å². The Labute approximate surface area is 68.0 Å². The van der Waals surface area contributed by atoms with Crippen molar-refractivity contribution in [2.45, 2.75) is 26.3 Å². The van der Waals surface area contributed by atoms with Gasteiger partial charge in [0, 0.05) is 0 Å². The van der Waals surface area contributed by atoms with Crippen LogP contribution in [0.1, 0.15) is 16.9 Å². The fourth-order valence-corrected chi connectivity index (χ4v) is 3.11. The number of aryl methyl sites for hydroxylation is 1. The Kier molecular flexibility index (Phi) is 2.72. The van der Waals surface area contributed by atoms with Gasteiger partial charge < -0.3 is 0 Å². The first-order chi connectivity index (χ1) is 4.70. The Bertz CT molecular complexity index is 203. The number of hydrogen-bond donors (Lipinski definition) is 1. The van der Waals surface area contributed by atoms with Gasteiger partial charge in [0.05, 0.1) is 0 Å². The third-order valence-electron chi connectivity index (χ3n) is 1.48. The zero-order valence-electron chi connectivity index (χ0n) is 6.42. The molecule has 2 heteroatoms. The normalized spacial score (nSPS) is 13.5. The minimum absolute atomic E-state index is 0.326. The Morgan fingerprint density at radius 2 is 2.40 bits per heavy atom. The van der Waals surface area contributed by atoms with E-state index in [9.17, 15) is 0 Å². The van der Waals surface area contributed by atoms with Gasteiger partial charge in [-0.05, 0) is 0 Å². The van der Waals surface area contributed by atoms with Gasteiger partial charge in [-0.3, -0.25) is 0 Å². The van der Waals surface area contributed by atoms with E-state index in [-0.39, 0.29) is 0 Å². The fourth-order valence-electron chi connectivity index (χ4n) is 0.906. The van der Waals surface area contributed by atoms with E-state index in [4.69, 9.17) is 5.73 Å². The van der Waals surface area contributed by atoms with Crippen LogP contribution < -0.4 is 5.73 Å². The molecule has 0 aliphatic rings. The summed E-state index contributed by atoms with van der Waals surface area (Å²) in [6.45, 7) is 4.23. The van der Waals surface area contributed by atoms with E-state index in [1.54, 1.807) is 4.44 Å². The number of nitrogens with two attached hydrogens (primary N) is 1. The molecule has 0 aromatic carbocycles. The summed E-state index contributed by atoms with van der Waals surface area (Å²) in [5, 5.41) is 0. The summed E-state index contributed by atoms with van der Waals surface area (Å²) in [5.41, 5.74) is 7.12. The second-order valence-electron chi connectivity index (χ2n) is 2.71. The molecule has 1 nitrogen and oxygen atoms in total. The summed E-state index contributed by atoms with van der Waals surface area (Å²) in [5.74, 6) is 0. The third-order valence-corrected chi connectivity index (χ3v) is 3.67. The molecule has 0 saturated carbocycles. The average molecular weight is 202 g/mol. The Hall–Kier alpha value is -0.0405. The van der Waals surface area contributed by atoms with Crippen molar-refractivity contribution in [2.75, 3.05) is 0 Å². The molecular formula is C8H13NSe. The van der Waals surface area contributed by atoms with Crippen LogP contribution in [0, 0.1) is 6.92 Å². The second kappa shape index (κ2) is 3.38. The second-order valence-corrected chi connectivity index (χ2v) is 4.81. The average Bonchev–Trinajstić information content (AvgIpc) is 2.15. The molecule has 56 valence electrons. The maximum atomic E-state index is 5.68. The molecule has 1 heterocycles. The molecule has 0 spiro atoms. The van der Waals surface area contributed by atoms with Crippen molar-refractivity contribution in [1.29, 1.82) is 0 Å². The summed E-state index contributed by atoms with van der Waals surface area (Å²) < 4.78 is 1.57. The van der Waals surface area contributed by atoms with Gasteiger partial charge in [0.15, 0.2) is 0 Å². The molecule has 1 unspecified atom stereocenters. The van der Waals surface area contributed by atoms with E-state index in [2.05, 4.69) is 24.9 Å². The van der Waals surface area contributed by atoms with E-state index >= 15 is 0 Å². The molecule has 10 heavy (non-hydrogen) atoms. The van der Waals surface area contributed by atoms with Gasteiger partial charge in [0.25, 0.3) is 0 Å². The van der Waals surface area contributed by atoms with Crippen LogP contribution in [0.15, 0.2) is 11.0 Å². The molecule has 2 N–H and O–H groups in total. The molecule has 0 saturated heterocycles. The zero-order valence-corrected chi connectivity index (χ0v) is 8.14. The first-order valence-corrected chi connectivity index (χ1v) is 5.33. The van der Waals surface area contributed by atoms with E-state index in [0.717, 1.165) is 6.42 Å². The molecule has 1 rings (SSSR count). The summed E-state index contributed by atoms with van der Waals surface area (Å²) in [6, 6.07) is 2.53. The first kappa shape index (κ1) is 8.06. The maximum absolute atomic E-state index is 5.68. The van der Waals surface area contributed by atoms with Crippen LogP contribution in [0.25, 0.3) is 0 Å². The van der Waals surface area contributed by atoms with Gasteiger partial charge in [-0.1, -0.05) is 0 Å². The third kappa shape index (κ3) is 1.98. The monoisotopic (exact) mass is 203 g/mol. The van der Waals surface area contributed by atoms with Gasteiger partial charge >= 0.3 is 67.6 Å². The molecule has 1 aromatic rings. The van der Waals surface area contributed by atoms with Crippen molar-refractivity contribution in [3.63, 3.8) is 0 Å². The number of rotatable bonds is 2. The van der Waals surface area contributed by atoms with Gasteiger partial charge in [0.2, 0.25) is 0 Å². The van der Waals surface area contributed by atoms with E-state index < -0.39 is 0 Å². The quantitative estimate of drug-likeness (QED) is 0.710. The van der Waals surface area contributed by atoms with Gasteiger partial charge in [0.1, 0.15) is 0 Å². The predicted molar refractivity (Wildman–Crippen MR) is 45.5 cm³/mol. The summed E-state index contributed by atoms with van der Waals surface area (Å²) in [4.78, 5) is 2.26.